The van der Waals surface area contributed by atoms with Gasteiger partial charge in [-0.2, -0.15) is 0 Å². The first-order valence-corrected chi connectivity index (χ1v) is 19.0. The van der Waals surface area contributed by atoms with Crippen LogP contribution >= 0.6 is 0 Å². The largest absolute Gasteiger partial charge is 0.458 e. The van der Waals surface area contributed by atoms with Crippen molar-refractivity contribution in [2.24, 2.45) is 0 Å². The summed E-state index contributed by atoms with van der Waals surface area (Å²) in [6, 6.07) is 53.4. The molecule has 0 aliphatic rings. The lowest BCUT2D eigenvalue weighted by molar-refractivity contribution is -0.571. The Balaban J connectivity index is 1.13. The van der Waals surface area contributed by atoms with Gasteiger partial charge in [0.1, 0.15) is 17.3 Å². The number of benzene rings is 6. The van der Waals surface area contributed by atoms with Gasteiger partial charge in [-0.3, -0.25) is 13.7 Å². The van der Waals surface area contributed by atoms with Crippen molar-refractivity contribution in [3.8, 4) is 39.8 Å². The van der Waals surface area contributed by atoms with Crippen LogP contribution in [0, 0.1) is 6.33 Å². The van der Waals surface area contributed by atoms with Gasteiger partial charge in [0.25, 0.3) is 6.33 Å². The fraction of sp³-hybridized carbons (Fsp3) is 0.160. The number of aromatic nitrogens is 4. The molecule has 0 aliphatic heterocycles. The standard InChI is InChI=1S/C50H44N4O/c1-49(2,3)35-23-26-43(42(29-35)34-15-8-7-9-16-34)53-33-52(45-21-12-13-22-46(45)53)37-17-14-18-38(31-37)55-39-24-25-41-40-19-10-11-20-44(40)54(47(41)32-39)48-30-36(27-28-51-48)50(4,5)6/h7-32H,1-6H3. The predicted octanol–water partition coefficient (Wildman–Crippen LogP) is 12.3. The van der Waals surface area contributed by atoms with Gasteiger partial charge < -0.3 is 4.74 Å². The lowest BCUT2D eigenvalue weighted by Crippen LogP contribution is -2.30. The molecule has 9 aromatic rings. The van der Waals surface area contributed by atoms with Crippen LogP contribution in [0.5, 0.6) is 11.5 Å². The first-order chi connectivity index (χ1) is 26.5. The molecule has 0 spiro atoms. The van der Waals surface area contributed by atoms with E-state index in [2.05, 4.69) is 201 Å². The van der Waals surface area contributed by atoms with Crippen LogP contribution in [-0.2, 0) is 10.8 Å². The van der Waals surface area contributed by atoms with E-state index in [1.54, 1.807) is 0 Å². The summed E-state index contributed by atoms with van der Waals surface area (Å²) < 4.78 is 13.2. The zero-order valence-corrected chi connectivity index (χ0v) is 32.2. The summed E-state index contributed by atoms with van der Waals surface area (Å²) in [6.07, 6.45) is 5.64. The van der Waals surface area contributed by atoms with Gasteiger partial charge in [0.15, 0.2) is 0 Å². The molecule has 0 radical (unpaired) electrons. The second kappa shape index (κ2) is 13.1. The Labute approximate surface area is 322 Å². The van der Waals surface area contributed by atoms with Crippen LogP contribution in [0.15, 0.2) is 158 Å². The summed E-state index contributed by atoms with van der Waals surface area (Å²) in [4.78, 5) is 4.85. The highest BCUT2D eigenvalue weighted by atomic mass is 16.5. The fourth-order valence-corrected chi connectivity index (χ4v) is 7.57. The Morgan fingerprint density at radius 2 is 1.25 bits per heavy atom. The van der Waals surface area contributed by atoms with Gasteiger partial charge in [-0.05, 0) is 87.7 Å². The fourth-order valence-electron chi connectivity index (χ4n) is 7.57. The molecule has 0 N–H and O–H groups in total. The van der Waals surface area contributed by atoms with E-state index in [1.807, 2.05) is 18.3 Å². The van der Waals surface area contributed by atoms with Gasteiger partial charge in [0.05, 0.1) is 33.4 Å². The van der Waals surface area contributed by atoms with Crippen LogP contribution < -0.4 is 9.30 Å². The lowest BCUT2D eigenvalue weighted by Gasteiger charge is -2.22. The van der Waals surface area contributed by atoms with Gasteiger partial charge in [0.2, 0.25) is 0 Å². The SMILES string of the molecule is CC(C)(C)c1ccnc(-n2c3ccccc3c3ccc(Oc4cccc(-n5[c-][n+](-c6ccc(C(C)(C)C)cc6-c6ccccc6)c6ccccc65)c4)cc32)c1. The molecule has 0 fully saturated rings. The molecule has 270 valence electrons. The zero-order valence-electron chi connectivity index (χ0n) is 32.2. The number of nitrogens with zero attached hydrogens (tertiary/aromatic N) is 4. The van der Waals surface area contributed by atoms with Crippen molar-refractivity contribution in [3.05, 3.63) is 175 Å². The van der Waals surface area contributed by atoms with Crippen molar-refractivity contribution in [2.45, 2.75) is 52.4 Å². The van der Waals surface area contributed by atoms with Gasteiger partial charge in [0, 0.05) is 23.0 Å². The van der Waals surface area contributed by atoms with E-state index in [0.29, 0.717) is 0 Å². The van der Waals surface area contributed by atoms with E-state index in [-0.39, 0.29) is 10.8 Å². The number of rotatable bonds is 6. The van der Waals surface area contributed by atoms with Crippen LogP contribution in [0.1, 0.15) is 52.7 Å². The van der Waals surface area contributed by atoms with Gasteiger partial charge in [-0.25, -0.2) is 4.98 Å². The summed E-state index contributed by atoms with van der Waals surface area (Å²) in [5, 5.41) is 2.34. The molecule has 6 aromatic carbocycles. The van der Waals surface area contributed by atoms with E-state index in [0.717, 1.165) is 56.1 Å². The number of ether oxygens (including phenoxy) is 1. The zero-order chi connectivity index (χ0) is 37.9. The molecule has 0 amide bonds. The maximum atomic E-state index is 6.67. The van der Waals surface area contributed by atoms with Crippen LogP contribution in [-0.4, -0.2) is 14.1 Å². The molecule has 5 heteroatoms. The topological polar surface area (TPSA) is 35.9 Å². The highest BCUT2D eigenvalue weighted by Crippen LogP contribution is 2.37. The van der Waals surface area contributed by atoms with E-state index >= 15 is 0 Å². The van der Waals surface area contributed by atoms with Crippen molar-refractivity contribution < 1.29 is 9.30 Å². The lowest BCUT2D eigenvalue weighted by atomic mass is 9.85. The summed E-state index contributed by atoms with van der Waals surface area (Å²) in [7, 11) is 0. The highest BCUT2D eigenvalue weighted by Gasteiger charge is 2.21. The normalized spacial score (nSPS) is 12.2. The summed E-state index contributed by atoms with van der Waals surface area (Å²) in [6.45, 7) is 13.5. The molecular formula is C50H44N4O. The minimum absolute atomic E-state index is 0.00144. The number of imidazole rings is 1. The van der Waals surface area contributed by atoms with Crippen molar-refractivity contribution in [3.63, 3.8) is 0 Å². The number of hydrogen-bond donors (Lipinski definition) is 0. The van der Waals surface area contributed by atoms with Crippen molar-refractivity contribution in [1.29, 1.82) is 0 Å². The van der Waals surface area contributed by atoms with Crippen LogP contribution in [0.2, 0.25) is 0 Å². The third-order valence-corrected chi connectivity index (χ3v) is 10.5. The molecule has 5 nitrogen and oxygen atoms in total. The average Bonchev–Trinajstić information content (AvgIpc) is 3.74. The number of hydrogen-bond acceptors (Lipinski definition) is 2. The number of fused-ring (bicyclic) bond motifs is 4. The third-order valence-electron chi connectivity index (χ3n) is 10.5. The van der Waals surface area contributed by atoms with E-state index in [9.17, 15) is 0 Å². The van der Waals surface area contributed by atoms with E-state index in [4.69, 9.17) is 9.72 Å². The maximum absolute atomic E-state index is 6.67. The molecule has 0 atom stereocenters. The molecule has 9 rings (SSSR count). The third kappa shape index (κ3) is 6.26. The monoisotopic (exact) mass is 716 g/mol. The Morgan fingerprint density at radius 1 is 0.564 bits per heavy atom. The van der Waals surface area contributed by atoms with Crippen LogP contribution in [0.25, 0.3) is 61.2 Å². The van der Waals surface area contributed by atoms with Crippen LogP contribution in [0.4, 0.5) is 0 Å². The van der Waals surface area contributed by atoms with E-state index in [1.165, 1.54) is 27.6 Å². The second-order valence-corrected chi connectivity index (χ2v) is 16.4. The highest BCUT2D eigenvalue weighted by molar-refractivity contribution is 6.09. The molecule has 0 unspecified atom stereocenters. The van der Waals surface area contributed by atoms with Gasteiger partial charge in [-0.1, -0.05) is 133 Å². The molecule has 3 heterocycles. The van der Waals surface area contributed by atoms with Crippen molar-refractivity contribution in [2.75, 3.05) is 0 Å². The smallest absolute Gasteiger partial charge is 0.269 e. The molecule has 0 aliphatic carbocycles. The second-order valence-electron chi connectivity index (χ2n) is 16.4. The van der Waals surface area contributed by atoms with Crippen molar-refractivity contribution in [1.82, 2.24) is 14.1 Å². The minimum Gasteiger partial charge on any atom is -0.458 e. The summed E-state index contributed by atoms with van der Waals surface area (Å²) in [5.74, 6) is 2.39. The Kier molecular flexibility index (Phi) is 8.20. The molecule has 0 saturated carbocycles. The van der Waals surface area contributed by atoms with Gasteiger partial charge in [-0.15, -0.1) is 0 Å². The first kappa shape index (κ1) is 34.3. The Hall–Kier alpha value is -6.46. The Morgan fingerprint density at radius 3 is 2.05 bits per heavy atom. The predicted molar refractivity (Wildman–Crippen MR) is 225 cm³/mol. The number of para-hydroxylation sites is 3. The summed E-state index contributed by atoms with van der Waals surface area (Å²) >= 11 is 0. The van der Waals surface area contributed by atoms with E-state index < -0.39 is 0 Å². The average molecular weight is 717 g/mol. The maximum Gasteiger partial charge on any atom is 0.269 e. The Bertz CT molecular complexity index is 2870. The quantitative estimate of drug-likeness (QED) is 0.127. The molecular weight excluding hydrogens is 673 g/mol. The molecule has 0 saturated heterocycles. The molecule has 0 bridgehead atoms. The van der Waals surface area contributed by atoms with Crippen LogP contribution in [0.3, 0.4) is 0 Å². The number of pyridine rings is 1. The molecule has 55 heavy (non-hydrogen) atoms. The molecule has 3 aromatic heterocycles. The first-order valence-electron chi connectivity index (χ1n) is 19.0. The van der Waals surface area contributed by atoms with Crippen molar-refractivity contribution >= 4 is 32.8 Å². The van der Waals surface area contributed by atoms with Gasteiger partial charge >= 0.3 is 0 Å². The summed E-state index contributed by atoms with van der Waals surface area (Å²) in [5.41, 5.74) is 11.2. The minimum atomic E-state index is -0.00144.